The summed E-state index contributed by atoms with van der Waals surface area (Å²) in [5, 5.41) is 16.5. The monoisotopic (exact) mass is 481 g/mol. The second-order valence-corrected chi connectivity index (χ2v) is 8.76. The zero-order valence-electron chi connectivity index (χ0n) is 18.4. The van der Waals surface area contributed by atoms with E-state index in [1.165, 1.54) is 17.3 Å². The van der Waals surface area contributed by atoms with E-state index in [4.69, 9.17) is 14.6 Å². The van der Waals surface area contributed by atoms with Crippen LogP contribution in [0.15, 0.2) is 90.1 Å². The van der Waals surface area contributed by atoms with E-state index in [1.54, 1.807) is 22.7 Å². The van der Waals surface area contributed by atoms with Crippen molar-refractivity contribution < 1.29 is 14.3 Å². The van der Waals surface area contributed by atoms with Gasteiger partial charge < -0.3 is 14.8 Å². The first kappa shape index (κ1) is 21.2. The third-order valence-corrected chi connectivity index (χ3v) is 6.43. The molecular formula is C26H19N5O3S. The number of nitrogens with one attached hydrogen (secondary N) is 1. The van der Waals surface area contributed by atoms with Crippen LogP contribution in [-0.4, -0.2) is 38.3 Å². The first-order chi connectivity index (χ1) is 17.2. The number of fused-ring (bicyclic) bond motifs is 2. The van der Waals surface area contributed by atoms with Crippen LogP contribution in [0.3, 0.4) is 0 Å². The van der Waals surface area contributed by atoms with Gasteiger partial charge in [0.25, 0.3) is 0 Å². The van der Waals surface area contributed by atoms with Crippen LogP contribution in [0.25, 0.3) is 28.0 Å². The number of carbonyl (C=O) groups is 1. The molecule has 5 aromatic rings. The van der Waals surface area contributed by atoms with Gasteiger partial charge in [-0.1, -0.05) is 66.4 Å². The lowest BCUT2D eigenvalue weighted by Gasteiger charge is -2.06. The Hall–Kier alpha value is -4.37. The molecule has 0 aliphatic carbocycles. The lowest BCUT2D eigenvalue weighted by molar-refractivity contribution is -0.113. The van der Waals surface area contributed by atoms with Gasteiger partial charge in [-0.25, -0.2) is 0 Å². The van der Waals surface area contributed by atoms with Gasteiger partial charge in [-0.2, -0.15) is 9.61 Å². The van der Waals surface area contributed by atoms with Crippen molar-refractivity contribution in [1.82, 2.24) is 19.8 Å². The number of ether oxygens (including phenoxy) is 2. The summed E-state index contributed by atoms with van der Waals surface area (Å²) in [7, 11) is 0. The highest BCUT2D eigenvalue weighted by atomic mass is 32.2. The van der Waals surface area contributed by atoms with Gasteiger partial charge in [0.15, 0.2) is 17.1 Å². The molecule has 0 unspecified atom stereocenters. The minimum atomic E-state index is -0.168. The van der Waals surface area contributed by atoms with E-state index in [-0.39, 0.29) is 18.5 Å². The maximum Gasteiger partial charge on any atom is 0.234 e. The van der Waals surface area contributed by atoms with Crippen LogP contribution in [0.1, 0.15) is 0 Å². The molecule has 35 heavy (non-hydrogen) atoms. The number of anilines is 1. The van der Waals surface area contributed by atoms with Crippen molar-refractivity contribution in [2.24, 2.45) is 0 Å². The quantitative estimate of drug-likeness (QED) is 0.344. The van der Waals surface area contributed by atoms with Gasteiger partial charge in [0.05, 0.1) is 11.4 Å². The number of hydrogen-bond acceptors (Lipinski definition) is 7. The number of aromatic nitrogens is 4. The highest BCUT2D eigenvalue weighted by Crippen LogP contribution is 2.34. The minimum Gasteiger partial charge on any atom is -0.454 e. The van der Waals surface area contributed by atoms with Gasteiger partial charge in [0.2, 0.25) is 17.9 Å². The van der Waals surface area contributed by atoms with Crippen molar-refractivity contribution in [2.75, 3.05) is 17.9 Å². The number of amides is 1. The number of benzene rings is 3. The molecule has 0 spiro atoms. The lowest BCUT2D eigenvalue weighted by Crippen LogP contribution is -2.14. The van der Waals surface area contributed by atoms with E-state index < -0.39 is 0 Å². The number of thioether (sulfide) groups is 1. The molecule has 9 heteroatoms. The van der Waals surface area contributed by atoms with E-state index in [1.807, 2.05) is 42.5 Å². The average Bonchev–Trinajstić information content (AvgIpc) is 3.54. The number of carbonyl (C=O) groups excluding carboxylic acids is 1. The third kappa shape index (κ3) is 4.41. The summed E-state index contributed by atoms with van der Waals surface area (Å²) in [5.41, 5.74) is 5.35. The Labute approximate surface area is 204 Å². The standard InChI is InChI=1S/C26H19N5O3S/c32-25(27-20-10-12-22-23(14-20)34-16-33-22)15-35-26-29-28-24-13-11-21(30-31(24)26)19-8-6-18(7-9-19)17-4-2-1-3-5-17/h1-14H,15-16H2,(H,27,32). The Morgan fingerprint density at radius 3 is 2.49 bits per heavy atom. The van der Waals surface area contributed by atoms with Crippen LogP contribution in [0.2, 0.25) is 0 Å². The van der Waals surface area contributed by atoms with Gasteiger partial charge in [-0.15, -0.1) is 10.2 Å². The first-order valence-corrected chi connectivity index (χ1v) is 11.9. The summed E-state index contributed by atoms with van der Waals surface area (Å²) in [6.07, 6.45) is 0. The summed E-state index contributed by atoms with van der Waals surface area (Å²) in [6.45, 7) is 0.189. The molecule has 3 aromatic carbocycles. The molecule has 0 bridgehead atoms. The fourth-order valence-electron chi connectivity index (χ4n) is 3.78. The van der Waals surface area contributed by atoms with E-state index >= 15 is 0 Å². The van der Waals surface area contributed by atoms with Crippen molar-refractivity contribution in [1.29, 1.82) is 0 Å². The van der Waals surface area contributed by atoms with E-state index in [2.05, 4.69) is 39.8 Å². The molecule has 3 heterocycles. The van der Waals surface area contributed by atoms with Crippen LogP contribution >= 0.6 is 11.8 Å². The number of nitrogens with zero attached hydrogens (tertiary/aromatic N) is 4. The fraction of sp³-hybridized carbons (Fsp3) is 0.0769. The van der Waals surface area contributed by atoms with Crippen molar-refractivity contribution in [3.63, 3.8) is 0 Å². The van der Waals surface area contributed by atoms with Crippen LogP contribution in [0.5, 0.6) is 11.5 Å². The van der Waals surface area contributed by atoms with Gasteiger partial charge in [0, 0.05) is 17.3 Å². The highest BCUT2D eigenvalue weighted by molar-refractivity contribution is 7.99. The predicted octanol–water partition coefficient (Wildman–Crippen LogP) is 4.92. The molecule has 1 amide bonds. The largest absolute Gasteiger partial charge is 0.454 e. The molecular weight excluding hydrogens is 462 g/mol. The molecule has 172 valence electrons. The molecule has 0 fully saturated rings. The Bertz CT molecular complexity index is 1520. The topological polar surface area (TPSA) is 90.6 Å². The maximum absolute atomic E-state index is 12.5. The Morgan fingerprint density at radius 2 is 1.63 bits per heavy atom. The van der Waals surface area contributed by atoms with Gasteiger partial charge in [-0.05, 0) is 35.4 Å². The molecule has 1 aliphatic heterocycles. The maximum atomic E-state index is 12.5. The van der Waals surface area contributed by atoms with E-state index in [0.717, 1.165) is 16.8 Å². The smallest absolute Gasteiger partial charge is 0.234 e. The second-order valence-electron chi connectivity index (χ2n) is 7.82. The lowest BCUT2D eigenvalue weighted by atomic mass is 10.0. The molecule has 1 aliphatic rings. The first-order valence-electron chi connectivity index (χ1n) is 10.9. The number of rotatable bonds is 6. The Kier molecular flexibility index (Phi) is 5.51. The van der Waals surface area contributed by atoms with Crippen molar-refractivity contribution >= 4 is 29.0 Å². The van der Waals surface area contributed by atoms with E-state index in [9.17, 15) is 4.79 Å². The summed E-state index contributed by atoms with van der Waals surface area (Å²) >= 11 is 1.27. The summed E-state index contributed by atoms with van der Waals surface area (Å²) in [6, 6.07) is 27.6. The molecule has 0 saturated heterocycles. The van der Waals surface area contributed by atoms with Crippen molar-refractivity contribution in [3.05, 3.63) is 84.9 Å². The van der Waals surface area contributed by atoms with Gasteiger partial charge in [0.1, 0.15) is 0 Å². The predicted molar refractivity (Wildman–Crippen MR) is 134 cm³/mol. The molecule has 8 nitrogen and oxygen atoms in total. The molecule has 0 radical (unpaired) electrons. The van der Waals surface area contributed by atoms with Crippen LogP contribution < -0.4 is 14.8 Å². The van der Waals surface area contributed by atoms with Crippen LogP contribution in [-0.2, 0) is 4.79 Å². The normalized spacial score (nSPS) is 12.1. The van der Waals surface area contributed by atoms with Crippen LogP contribution in [0.4, 0.5) is 5.69 Å². The molecule has 2 aromatic heterocycles. The average molecular weight is 482 g/mol. The van der Waals surface area contributed by atoms with Crippen molar-refractivity contribution in [3.8, 4) is 33.9 Å². The zero-order valence-corrected chi connectivity index (χ0v) is 19.2. The van der Waals surface area contributed by atoms with Crippen molar-refractivity contribution in [2.45, 2.75) is 5.16 Å². The third-order valence-electron chi connectivity index (χ3n) is 5.51. The summed E-state index contributed by atoms with van der Waals surface area (Å²) in [4.78, 5) is 12.5. The van der Waals surface area contributed by atoms with Gasteiger partial charge >= 0.3 is 0 Å². The second kappa shape index (κ2) is 9.11. The van der Waals surface area contributed by atoms with Crippen LogP contribution in [0, 0.1) is 0 Å². The SMILES string of the molecule is O=C(CSc1nnc2ccc(-c3ccc(-c4ccccc4)cc3)nn12)Nc1ccc2c(c1)OCO2. The van der Waals surface area contributed by atoms with E-state index in [0.29, 0.717) is 28.0 Å². The summed E-state index contributed by atoms with van der Waals surface area (Å²) in [5.74, 6) is 1.28. The zero-order chi connectivity index (χ0) is 23.6. The highest BCUT2D eigenvalue weighted by Gasteiger charge is 2.15. The molecule has 6 rings (SSSR count). The Balaban J connectivity index is 1.16. The summed E-state index contributed by atoms with van der Waals surface area (Å²) < 4.78 is 12.3. The number of hydrogen-bond donors (Lipinski definition) is 1. The molecule has 1 N–H and O–H groups in total. The Morgan fingerprint density at radius 1 is 0.857 bits per heavy atom. The fourth-order valence-corrected chi connectivity index (χ4v) is 4.47. The van der Waals surface area contributed by atoms with Gasteiger partial charge in [-0.3, -0.25) is 4.79 Å². The minimum absolute atomic E-state index is 0.160. The molecule has 0 saturated carbocycles. The molecule has 0 atom stereocenters.